The zero-order valence-electron chi connectivity index (χ0n) is 13.1. The summed E-state index contributed by atoms with van der Waals surface area (Å²) in [5, 5.41) is 14.6. The van der Waals surface area contributed by atoms with E-state index in [1.165, 1.54) is 36.4 Å². The first kappa shape index (κ1) is 19.3. The molecule has 0 saturated carbocycles. The molecule has 0 atom stereocenters. The Morgan fingerprint density at radius 3 is 2.15 bits per heavy atom. The van der Waals surface area contributed by atoms with Gasteiger partial charge in [-0.05, 0) is 48.6 Å². The maximum absolute atomic E-state index is 12.0. The van der Waals surface area contributed by atoms with Gasteiger partial charge < -0.3 is 20.5 Å². The molecule has 2 amide bonds. The number of amides is 2. The van der Waals surface area contributed by atoms with Gasteiger partial charge in [0.1, 0.15) is 6.09 Å². The molecule has 0 heterocycles. The summed E-state index contributed by atoms with van der Waals surface area (Å²) < 4.78 is 24.0. The second kappa shape index (κ2) is 8.38. The Morgan fingerprint density at radius 2 is 1.58 bits per heavy atom. The minimum absolute atomic E-state index is 0.00813. The van der Waals surface area contributed by atoms with Gasteiger partial charge >= 0.3 is 0 Å². The van der Waals surface area contributed by atoms with Crippen LogP contribution >= 0.6 is 12.2 Å². The van der Waals surface area contributed by atoms with Crippen LogP contribution in [0, 0.1) is 0 Å². The number of carboxylic acid groups (broad SMARTS) is 1. The summed E-state index contributed by atoms with van der Waals surface area (Å²) in [4.78, 5) is 24.4. The summed E-state index contributed by atoms with van der Waals surface area (Å²) in [7, 11) is -3.88. The summed E-state index contributed by atoms with van der Waals surface area (Å²) >= 11 is 4.73. The smallest absolute Gasteiger partial charge is 0.266 e. The van der Waals surface area contributed by atoms with Crippen molar-refractivity contribution in [1.29, 1.82) is 0 Å². The number of thiocarbonyl (C=S) groups is 1. The number of rotatable bonds is 5. The topological polar surface area (TPSA) is 139 Å². The molecule has 2 rings (SSSR count). The van der Waals surface area contributed by atoms with E-state index in [0.29, 0.717) is 5.69 Å². The molecule has 0 aliphatic rings. The fraction of sp³-hybridized carbons (Fsp3) is 0. The maximum atomic E-state index is 12.0. The summed E-state index contributed by atoms with van der Waals surface area (Å²) in [5.74, 6) is -0.675. The van der Waals surface area contributed by atoms with Gasteiger partial charge in [0.2, 0.25) is 0 Å². The highest BCUT2D eigenvalue weighted by Gasteiger charge is 2.15. The lowest BCUT2D eigenvalue weighted by Crippen LogP contribution is -2.42. The van der Waals surface area contributed by atoms with Gasteiger partial charge in [-0.3, -0.25) is 10.2 Å². The van der Waals surface area contributed by atoms with Gasteiger partial charge in [-0.2, -0.15) is 0 Å². The van der Waals surface area contributed by atoms with Crippen molar-refractivity contribution in [3.8, 4) is 0 Å². The molecule has 9 nitrogen and oxygen atoms in total. The number of hydrogen-bond acceptors (Lipinski definition) is 6. The Balaban J connectivity index is 1.96. The molecule has 4 N–H and O–H groups in total. The van der Waals surface area contributed by atoms with Gasteiger partial charge in [0.05, 0.1) is 4.90 Å². The first-order valence-electron chi connectivity index (χ1n) is 7.04. The van der Waals surface area contributed by atoms with E-state index in [1.807, 2.05) is 10.1 Å². The van der Waals surface area contributed by atoms with E-state index in [1.54, 1.807) is 18.2 Å². The average Bonchev–Trinajstić information content (AvgIpc) is 2.60. The first-order chi connectivity index (χ1) is 12.3. The molecule has 0 fully saturated rings. The SMILES string of the molecule is O=C([O-])NC(=S)Nc1ccc(C(=O)NNS(=O)(=O)c2ccccc2)cc1. The van der Waals surface area contributed by atoms with Gasteiger partial charge in [-0.15, -0.1) is 4.83 Å². The van der Waals surface area contributed by atoms with Crippen molar-refractivity contribution >= 4 is 45.0 Å². The van der Waals surface area contributed by atoms with E-state index >= 15 is 0 Å². The summed E-state index contributed by atoms with van der Waals surface area (Å²) in [6.45, 7) is 0. The summed E-state index contributed by atoms with van der Waals surface area (Å²) in [6, 6.07) is 13.3. The molecule has 11 heteroatoms. The van der Waals surface area contributed by atoms with Gasteiger partial charge in [0.25, 0.3) is 15.9 Å². The molecule has 2 aromatic carbocycles. The molecule has 26 heavy (non-hydrogen) atoms. The number of carbonyl (C=O) groups is 2. The molecule has 0 spiro atoms. The molecule has 0 aliphatic carbocycles. The van der Waals surface area contributed by atoms with Crippen LogP contribution in [0.3, 0.4) is 0 Å². The number of nitrogens with one attached hydrogen (secondary N) is 4. The zero-order valence-corrected chi connectivity index (χ0v) is 14.7. The largest absolute Gasteiger partial charge is 0.530 e. The fourth-order valence-electron chi connectivity index (χ4n) is 1.80. The van der Waals surface area contributed by atoms with E-state index in [9.17, 15) is 23.1 Å². The Morgan fingerprint density at radius 1 is 0.962 bits per heavy atom. The van der Waals surface area contributed by atoms with Gasteiger partial charge in [0, 0.05) is 11.3 Å². The highest BCUT2D eigenvalue weighted by atomic mass is 32.2. The van der Waals surface area contributed by atoms with Crippen LogP contribution in [0.25, 0.3) is 0 Å². The van der Waals surface area contributed by atoms with Crippen LogP contribution < -0.4 is 26.0 Å². The predicted octanol–water partition coefficient (Wildman–Crippen LogP) is -0.0604. The monoisotopic (exact) mass is 393 g/mol. The first-order valence-corrected chi connectivity index (χ1v) is 8.93. The Hall–Kier alpha value is -3.02. The Labute approximate surface area is 154 Å². The Kier molecular flexibility index (Phi) is 6.22. The minimum Gasteiger partial charge on any atom is -0.530 e. The lowest BCUT2D eigenvalue weighted by molar-refractivity contribution is -0.248. The number of hydrogen-bond donors (Lipinski definition) is 4. The van der Waals surface area contributed by atoms with Crippen LogP contribution in [0.2, 0.25) is 0 Å². The van der Waals surface area contributed by atoms with E-state index < -0.39 is 22.0 Å². The van der Waals surface area contributed by atoms with E-state index in [0.717, 1.165) is 0 Å². The molecular formula is C15H13N4O5S2-. The van der Waals surface area contributed by atoms with Crippen LogP contribution in [0.5, 0.6) is 0 Å². The third-order valence-corrected chi connectivity index (χ3v) is 4.44. The van der Waals surface area contributed by atoms with Crippen LogP contribution in [-0.2, 0) is 10.0 Å². The number of benzene rings is 2. The van der Waals surface area contributed by atoms with Crippen molar-refractivity contribution in [3.63, 3.8) is 0 Å². The van der Waals surface area contributed by atoms with Crippen LogP contribution in [0.1, 0.15) is 10.4 Å². The van der Waals surface area contributed by atoms with Crippen LogP contribution in [-0.4, -0.2) is 25.5 Å². The van der Waals surface area contributed by atoms with Gasteiger partial charge in [-0.25, -0.2) is 8.42 Å². The van der Waals surface area contributed by atoms with Crippen LogP contribution in [0.4, 0.5) is 10.5 Å². The second-order valence-electron chi connectivity index (χ2n) is 4.82. The lowest BCUT2D eigenvalue weighted by Gasteiger charge is -2.11. The Bertz CT molecular complexity index is 915. The lowest BCUT2D eigenvalue weighted by atomic mass is 10.2. The molecule has 136 valence electrons. The highest BCUT2D eigenvalue weighted by molar-refractivity contribution is 7.89. The van der Waals surface area contributed by atoms with Crippen LogP contribution in [0.15, 0.2) is 59.5 Å². The fourth-order valence-corrected chi connectivity index (χ4v) is 2.87. The second-order valence-corrected chi connectivity index (χ2v) is 6.91. The van der Waals surface area contributed by atoms with Crippen molar-refractivity contribution in [2.75, 3.05) is 5.32 Å². The predicted molar refractivity (Wildman–Crippen MR) is 95.4 cm³/mol. The number of sulfonamides is 1. The molecule has 0 aromatic heterocycles. The quantitative estimate of drug-likeness (QED) is 0.412. The van der Waals surface area contributed by atoms with E-state index in [4.69, 9.17) is 12.2 Å². The molecule has 0 bridgehead atoms. The molecule has 2 aromatic rings. The third-order valence-electron chi connectivity index (χ3n) is 2.97. The summed E-state index contributed by atoms with van der Waals surface area (Å²) in [6.07, 6.45) is -1.55. The molecule has 0 radical (unpaired) electrons. The average molecular weight is 393 g/mol. The maximum Gasteiger partial charge on any atom is 0.266 e. The van der Waals surface area contributed by atoms with Crippen molar-refractivity contribution in [2.24, 2.45) is 0 Å². The third kappa shape index (κ3) is 5.51. The normalized spacial score (nSPS) is 10.6. The minimum atomic E-state index is -3.88. The molecule has 0 saturated heterocycles. The number of carbonyl (C=O) groups excluding carboxylic acids is 2. The molecular weight excluding hydrogens is 380 g/mol. The van der Waals surface area contributed by atoms with E-state index in [2.05, 4.69) is 10.7 Å². The van der Waals surface area contributed by atoms with Gasteiger partial charge in [-0.1, -0.05) is 18.2 Å². The van der Waals surface area contributed by atoms with Crippen molar-refractivity contribution in [3.05, 3.63) is 60.2 Å². The summed E-state index contributed by atoms with van der Waals surface area (Å²) in [5.41, 5.74) is 2.70. The van der Waals surface area contributed by atoms with Crippen molar-refractivity contribution in [2.45, 2.75) is 4.90 Å². The van der Waals surface area contributed by atoms with E-state index in [-0.39, 0.29) is 15.6 Å². The van der Waals surface area contributed by atoms with Crippen molar-refractivity contribution < 1.29 is 23.1 Å². The standard InChI is InChI=1S/C15H14N4O5S2/c20-13(18-19-26(23,24)12-4-2-1-3-5-12)10-6-8-11(9-7-10)16-14(25)17-15(21)22/h1-9,19H,(H,18,20)(H,21,22)(H2,16,17,25)/p-1. The molecule has 0 aliphatic heterocycles. The van der Waals surface area contributed by atoms with Gasteiger partial charge in [0.15, 0.2) is 5.11 Å². The van der Waals surface area contributed by atoms with Crippen molar-refractivity contribution in [1.82, 2.24) is 15.6 Å². The molecule has 0 unspecified atom stereocenters. The highest BCUT2D eigenvalue weighted by Crippen LogP contribution is 2.10. The zero-order chi connectivity index (χ0) is 19.2. The number of anilines is 1. The number of hydrazine groups is 1.